The Bertz CT molecular complexity index is 525. The van der Waals surface area contributed by atoms with Crippen molar-refractivity contribution in [3.63, 3.8) is 0 Å². The van der Waals surface area contributed by atoms with E-state index < -0.39 is 0 Å². The van der Waals surface area contributed by atoms with E-state index in [-0.39, 0.29) is 12.7 Å². The lowest BCUT2D eigenvalue weighted by molar-refractivity contribution is 0.175. The van der Waals surface area contributed by atoms with E-state index in [0.29, 0.717) is 6.54 Å². The van der Waals surface area contributed by atoms with Gasteiger partial charge >= 0.3 is 0 Å². The molecule has 2 N–H and O–H groups in total. The molecule has 0 radical (unpaired) electrons. The van der Waals surface area contributed by atoms with Crippen molar-refractivity contribution in [1.29, 1.82) is 0 Å². The number of anilines is 1. The summed E-state index contributed by atoms with van der Waals surface area (Å²) >= 11 is 0. The van der Waals surface area contributed by atoms with E-state index in [1.807, 2.05) is 49.4 Å². The second kappa shape index (κ2) is 7.81. The number of rotatable bonds is 7. The highest BCUT2D eigenvalue weighted by Gasteiger charge is 2.11. The number of hydrogen-bond acceptors (Lipinski definition) is 3. The normalized spacial score (nSPS) is 12.1. The summed E-state index contributed by atoms with van der Waals surface area (Å²) in [5.74, 6) is 0. The zero-order valence-electron chi connectivity index (χ0n) is 12.4. The first-order valence-corrected chi connectivity index (χ1v) is 7.39. The monoisotopic (exact) mass is 285 g/mol. The second-order valence-corrected chi connectivity index (χ2v) is 5.25. The lowest BCUT2D eigenvalue weighted by Gasteiger charge is -2.27. The molecule has 2 aromatic rings. The minimum absolute atomic E-state index is 0.0667. The van der Waals surface area contributed by atoms with Gasteiger partial charge in [-0.2, -0.15) is 0 Å². The van der Waals surface area contributed by atoms with Crippen molar-refractivity contribution in [2.75, 3.05) is 11.4 Å². The predicted octanol–water partition coefficient (Wildman–Crippen LogP) is 2.96. The van der Waals surface area contributed by atoms with E-state index in [2.05, 4.69) is 17.0 Å². The number of aliphatic hydroxyl groups excluding tert-OH is 2. The Labute approximate surface area is 126 Å². The SMILES string of the molecule is CCC(O)CN(Cc1ccc(CO)cc1)c1ccccc1. The molecule has 3 nitrogen and oxygen atoms in total. The van der Waals surface area contributed by atoms with Crippen molar-refractivity contribution < 1.29 is 10.2 Å². The fourth-order valence-corrected chi connectivity index (χ4v) is 2.25. The number of aliphatic hydroxyl groups is 2. The van der Waals surface area contributed by atoms with E-state index in [1.54, 1.807) is 0 Å². The van der Waals surface area contributed by atoms with Crippen molar-refractivity contribution in [3.8, 4) is 0 Å². The van der Waals surface area contributed by atoms with Crippen LogP contribution >= 0.6 is 0 Å². The quantitative estimate of drug-likeness (QED) is 0.822. The van der Waals surface area contributed by atoms with Gasteiger partial charge in [0.2, 0.25) is 0 Å². The molecule has 1 unspecified atom stereocenters. The molecule has 0 saturated heterocycles. The van der Waals surface area contributed by atoms with E-state index in [0.717, 1.165) is 24.2 Å². The first kappa shape index (κ1) is 15.5. The van der Waals surface area contributed by atoms with Gasteiger partial charge in [0, 0.05) is 18.8 Å². The molecule has 0 aromatic heterocycles. The molecule has 0 bridgehead atoms. The van der Waals surface area contributed by atoms with Crippen LogP contribution in [0.25, 0.3) is 0 Å². The zero-order valence-corrected chi connectivity index (χ0v) is 12.4. The van der Waals surface area contributed by atoms with Crippen LogP contribution in [-0.4, -0.2) is 22.9 Å². The third-order valence-electron chi connectivity index (χ3n) is 3.60. The molecule has 2 aromatic carbocycles. The van der Waals surface area contributed by atoms with Gasteiger partial charge < -0.3 is 15.1 Å². The molecule has 0 aliphatic rings. The topological polar surface area (TPSA) is 43.7 Å². The number of hydrogen-bond donors (Lipinski definition) is 2. The van der Waals surface area contributed by atoms with Crippen LogP contribution in [0.4, 0.5) is 5.69 Å². The van der Waals surface area contributed by atoms with Crippen LogP contribution in [0.2, 0.25) is 0 Å². The first-order valence-electron chi connectivity index (χ1n) is 7.39. The molecular formula is C18H23NO2. The summed E-state index contributed by atoms with van der Waals surface area (Å²) in [5.41, 5.74) is 3.19. The highest BCUT2D eigenvalue weighted by molar-refractivity contribution is 5.47. The van der Waals surface area contributed by atoms with Crippen LogP contribution in [0.3, 0.4) is 0 Å². The van der Waals surface area contributed by atoms with Crippen LogP contribution in [0.15, 0.2) is 54.6 Å². The van der Waals surface area contributed by atoms with Crippen LogP contribution in [0.5, 0.6) is 0 Å². The van der Waals surface area contributed by atoms with Gasteiger partial charge in [-0.15, -0.1) is 0 Å². The lowest BCUT2D eigenvalue weighted by atomic mass is 10.1. The molecule has 3 heteroatoms. The second-order valence-electron chi connectivity index (χ2n) is 5.25. The van der Waals surface area contributed by atoms with E-state index in [1.165, 1.54) is 5.56 Å². The summed E-state index contributed by atoms with van der Waals surface area (Å²) in [5, 5.41) is 19.1. The summed E-state index contributed by atoms with van der Waals surface area (Å²) in [6.45, 7) is 3.41. The summed E-state index contributed by atoms with van der Waals surface area (Å²) < 4.78 is 0. The average molecular weight is 285 g/mol. The summed E-state index contributed by atoms with van der Waals surface area (Å²) in [4.78, 5) is 2.18. The minimum Gasteiger partial charge on any atom is -0.392 e. The van der Waals surface area contributed by atoms with E-state index in [4.69, 9.17) is 5.11 Å². The van der Waals surface area contributed by atoms with Crippen molar-refractivity contribution >= 4 is 5.69 Å². The Morgan fingerprint density at radius 1 is 0.952 bits per heavy atom. The minimum atomic E-state index is -0.332. The van der Waals surface area contributed by atoms with Crippen LogP contribution in [-0.2, 0) is 13.2 Å². The molecule has 112 valence electrons. The Morgan fingerprint density at radius 2 is 1.57 bits per heavy atom. The summed E-state index contributed by atoms with van der Waals surface area (Å²) in [6, 6.07) is 18.1. The lowest BCUT2D eigenvalue weighted by Crippen LogP contribution is -2.31. The van der Waals surface area contributed by atoms with Crippen molar-refractivity contribution in [2.45, 2.75) is 32.6 Å². The Morgan fingerprint density at radius 3 is 2.14 bits per heavy atom. The van der Waals surface area contributed by atoms with Crippen molar-refractivity contribution in [1.82, 2.24) is 0 Å². The Kier molecular flexibility index (Phi) is 5.78. The first-order chi connectivity index (χ1) is 10.2. The molecule has 0 spiro atoms. The fraction of sp³-hybridized carbons (Fsp3) is 0.333. The highest BCUT2D eigenvalue weighted by Crippen LogP contribution is 2.18. The Balaban J connectivity index is 2.14. The number of benzene rings is 2. The largest absolute Gasteiger partial charge is 0.392 e. The van der Waals surface area contributed by atoms with Crippen molar-refractivity contribution in [2.24, 2.45) is 0 Å². The molecule has 0 amide bonds. The maximum absolute atomic E-state index is 9.98. The summed E-state index contributed by atoms with van der Waals surface area (Å²) in [7, 11) is 0. The van der Waals surface area contributed by atoms with Crippen LogP contribution < -0.4 is 4.90 Å². The number of para-hydroxylation sites is 1. The average Bonchev–Trinajstić information content (AvgIpc) is 2.55. The third kappa shape index (κ3) is 4.59. The molecule has 0 aliphatic carbocycles. The molecule has 0 heterocycles. The van der Waals surface area contributed by atoms with Crippen LogP contribution in [0, 0.1) is 0 Å². The van der Waals surface area contributed by atoms with E-state index >= 15 is 0 Å². The molecule has 21 heavy (non-hydrogen) atoms. The summed E-state index contributed by atoms with van der Waals surface area (Å²) in [6.07, 6.45) is 0.411. The standard InChI is InChI=1S/C18H23NO2/c1-2-18(21)13-19(17-6-4-3-5-7-17)12-15-8-10-16(14-20)11-9-15/h3-11,18,20-21H,2,12-14H2,1H3. The molecule has 2 rings (SSSR count). The smallest absolute Gasteiger partial charge is 0.0712 e. The van der Waals surface area contributed by atoms with Gasteiger partial charge in [-0.3, -0.25) is 0 Å². The third-order valence-corrected chi connectivity index (χ3v) is 3.60. The predicted molar refractivity (Wildman–Crippen MR) is 86.2 cm³/mol. The van der Waals surface area contributed by atoms with Gasteiger partial charge in [-0.1, -0.05) is 49.4 Å². The van der Waals surface area contributed by atoms with Gasteiger partial charge in [0.25, 0.3) is 0 Å². The van der Waals surface area contributed by atoms with Gasteiger partial charge in [0.05, 0.1) is 12.7 Å². The van der Waals surface area contributed by atoms with Crippen molar-refractivity contribution in [3.05, 3.63) is 65.7 Å². The highest BCUT2D eigenvalue weighted by atomic mass is 16.3. The van der Waals surface area contributed by atoms with Gasteiger partial charge in [-0.25, -0.2) is 0 Å². The van der Waals surface area contributed by atoms with E-state index in [9.17, 15) is 5.11 Å². The van der Waals surface area contributed by atoms with Gasteiger partial charge in [0.15, 0.2) is 0 Å². The van der Waals surface area contributed by atoms with Crippen LogP contribution in [0.1, 0.15) is 24.5 Å². The molecular weight excluding hydrogens is 262 g/mol. The molecule has 0 saturated carbocycles. The fourth-order valence-electron chi connectivity index (χ4n) is 2.25. The molecule has 0 fully saturated rings. The zero-order chi connectivity index (χ0) is 15.1. The molecule has 0 aliphatic heterocycles. The van der Waals surface area contributed by atoms with Gasteiger partial charge in [-0.05, 0) is 29.7 Å². The maximum Gasteiger partial charge on any atom is 0.0712 e. The molecule has 1 atom stereocenters. The number of nitrogens with zero attached hydrogens (tertiary/aromatic N) is 1. The Hall–Kier alpha value is -1.84. The maximum atomic E-state index is 9.98. The van der Waals surface area contributed by atoms with Gasteiger partial charge in [0.1, 0.15) is 0 Å².